The van der Waals surface area contributed by atoms with Crippen molar-refractivity contribution >= 4 is 28.9 Å². The maximum Gasteiger partial charge on any atom is 0.249 e. The van der Waals surface area contributed by atoms with Crippen LogP contribution in [0.15, 0.2) is 46.0 Å². The number of hydrogen-bond donors (Lipinski definition) is 0. The minimum Gasteiger partial charge on any atom is -0.368 e. The van der Waals surface area contributed by atoms with Crippen LogP contribution in [0.25, 0.3) is 0 Å². The van der Waals surface area contributed by atoms with E-state index in [0.717, 1.165) is 50.1 Å². The van der Waals surface area contributed by atoms with Crippen LogP contribution in [0.4, 0.5) is 5.69 Å². The van der Waals surface area contributed by atoms with Gasteiger partial charge in [-0.1, -0.05) is 47.5 Å². The van der Waals surface area contributed by atoms with Crippen LogP contribution in [-0.4, -0.2) is 31.6 Å². The van der Waals surface area contributed by atoms with Crippen LogP contribution >= 0.6 is 23.2 Å². The minimum atomic E-state index is -0.325. The van der Waals surface area contributed by atoms with E-state index in [2.05, 4.69) is 29.0 Å². The average molecular weight is 455 g/mol. The molecule has 6 heteroatoms. The highest BCUT2D eigenvalue weighted by atomic mass is 35.5. The molecule has 3 aromatic carbocycles. The van der Waals surface area contributed by atoms with E-state index in [1.807, 2.05) is 18.2 Å². The van der Waals surface area contributed by atoms with E-state index in [-0.39, 0.29) is 16.8 Å². The molecule has 0 aromatic heterocycles. The lowest BCUT2D eigenvalue weighted by molar-refractivity contribution is 0.295. The normalized spacial score (nSPS) is 19.2. The third kappa shape index (κ3) is 3.71. The summed E-state index contributed by atoms with van der Waals surface area (Å²) in [4.78, 5) is 28.9. The molecular formula is C25H24Cl2N2O2. The minimum absolute atomic E-state index is 0.149. The summed E-state index contributed by atoms with van der Waals surface area (Å²) in [5, 5.41) is 1.35. The molecule has 2 aliphatic rings. The van der Waals surface area contributed by atoms with Crippen molar-refractivity contribution in [2.75, 3.05) is 31.6 Å². The summed E-state index contributed by atoms with van der Waals surface area (Å²) >= 11 is 12.8. The Kier molecular flexibility index (Phi) is 5.41. The molecule has 5 rings (SSSR count). The van der Waals surface area contributed by atoms with Gasteiger partial charge in [-0.25, -0.2) is 0 Å². The van der Waals surface area contributed by atoms with Gasteiger partial charge in [0.15, 0.2) is 0 Å². The van der Waals surface area contributed by atoms with E-state index in [9.17, 15) is 9.59 Å². The highest BCUT2D eigenvalue weighted by molar-refractivity contribution is 6.35. The fourth-order valence-electron chi connectivity index (χ4n) is 5.12. The molecule has 0 saturated carbocycles. The number of likely N-dealkylation sites (N-methyl/N-ethyl adjacent to an activating group) is 1. The number of nitrogens with zero attached hydrogens (tertiary/aromatic N) is 2. The van der Waals surface area contributed by atoms with Gasteiger partial charge in [0.05, 0.1) is 5.69 Å². The van der Waals surface area contributed by atoms with Gasteiger partial charge in [0, 0.05) is 54.1 Å². The second-order valence-corrected chi connectivity index (χ2v) is 9.65. The Labute approximate surface area is 191 Å². The maximum absolute atomic E-state index is 12.3. The van der Waals surface area contributed by atoms with Crippen LogP contribution in [0.1, 0.15) is 46.6 Å². The fraction of sp³-hybridized carbons (Fsp3) is 0.360. The van der Waals surface area contributed by atoms with Crippen LogP contribution in [0.5, 0.6) is 0 Å². The zero-order valence-electron chi connectivity index (χ0n) is 17.5. The molecule has 31 heavy (non-hydrogen) atoms. The third-order valence-corrected chi connectivity index (χ3v) is 7.19. The molecule has 0 unspecified atom stereocenters. The summed E-state index contributed by atoms with van der Waals surface area (Å²) < 4.78 is 0. The highest BCUT2D eigenvalue weighted by Crippen LogP contribution is 2.38. The Morgan fingerprint density at radius 1 is 1.03 bits per heavy atom. The first-order chi connectivity index (χ1) is 14.9. The molecule has 0 radical (unpaired) electrons. The van der Waals surface area contributed by atoms with Crippen LogP contribution < -0.4 is 15.8 Å². The lowest BCUT2D eigenvalue weighted by Crippen LogP contribution is -2.43. The van der Waals surface area contributed by atoms with Gasteiger partial charge >= 0.3 is 0 Å². The summed E-state index contributed by atoms with van der Waals surface area (Å²) in [6, 6.07) is 12.2. The third-order valence-electron chi connectivity index (χ3n) is 6.63. The average Bonchev–Trinajstić information content (AvgIpc) is 3.27. The molecule has 4 nitrogen and oxygen atoms in total. The van der Waals surface area contributed by atoms with Gasteiger partial charge in [0.25, 0.3) is 0 Å². The van der Waals surface area contributed by atoms with Gasteiger partial charge in [-0.2, -0.15) is 0 Å². The van der Waals surface area contributed by atoms with E-state index in [1.54, 1.807) is 6.07 Å². The number of halogens is 2. The maximum atomic E-state index is 12.3. The lowest BCUT2D eigenvalue weighted by Gasteiger charge is -2.33. The molecule has 0 spiro atoms. The van der Waals surface area contributed by atoms with Crippen molar-refractivity contribution in [2.45, 2.75) is 31.7 Å². The highest BCUT2D eigenvalue weighted by Gasteiger charge is 2.29. The van der Waals surface area contributed by atoms with Crippen molar-refractivity contribution in [3.63, 3.8) is 0 Å². The topological polar surface area (TPSA) is 40.6 Å². The molecule has 0 bridgehead atoms. The summed E-state index contributed by atoms with van der Waals surface area (Å²) in [6.07, 6.45) is 2.65. The number of anilines is 1. The number of benzene rings is 2. The van der Waals surface area contributed by atoms with Crippen LogP contribution in [0.2, 0.25) is 10.0 Å². The summed E-state index contributed by atoms with van der Waals surface area (Å²) in [5.41, 5.74) is 5.17. The van der Waals surface area contributed by atoms with Gasteiger partial charge in [-0.15, -0.1) is 0 Å². The summed E-state index contributed by atoms with van der Waals surface area (Å²) in [6.45, 7) is 3.39. The van der Waals surface area contributed by atoms with Gasteiger partial charge in [0.2, 0.25) is 10.9 Å². The Hall–Kier alpha value is -2.14. The zero-order chi connectivity index (χ0) is 21.7. The molecular weight excluding hydrogens is 431 g/mol. The first-order valence-corrected chi connectivity index (χ1v) is 11.5. The van der Waals surface area contributed by atoms with Crippen LogP contribution in [0.3, 0.4) is 0 Å². The Morgan fingerprint density at radius 2 is 1.81 bits per heavy atom. The monoisotopic (exact) mass is 454 g/mol. The lowest BCUT2D eigenvalue weighted by atomic mass is 9.83. The molecule has 0 amide bonds. The Morgan fingerprint density at radius 3 is 2.58 bits per heavy atom. The SMILES string of the molecule is CN1Cc2c(Cl)cc(Cl)cc2[C@H](c2cccc(Cc3c(N4CCCC4)c(=O)c3=O)c2)C1. The van der Waals surface area contributed by atoms with Crippen molar-refractivity contribution in [1.82, 2.24) is 4.90 Å². The predicted molar refractivity (Wildman–Crippen MR) is 127 cm³/mol. The van der Waals surface area contributed by atoms with Crippen molar-refractivity contribution < 1.29 is 0 Å². The second-order valence-electron chi connectivity index (χ2n) is 8.81. The molecule has 3 aromatic rings. The number of rotatable bonds is 4. The zero-order valence-corrected chi connectivity index (χ0v) is 19.0. The number of fused-ring (bicyclic) bond motifs is 1. The van der Waals surface area contributed by atoms with Crippen molar-refractivity contribution in [1.29, 1.82) is 0 Å². The largest absolute Gasteiger partial charge is 0.368 e. The number of hydrogen-bond acceptors (Lipinski definition) is 4. The molecule has 1 fully saturated rings. The first-order valence-electron chi connectivity index (χ1n) is 10.7. The van der Waals surface area contributed by atoms with Gasteiger partial charge < -0.3 is 9.80 Å². The van der Waals surface area contributed by atoms with E-state index in [1.165, 1.54) is 11.1 Å². The molecule has 2 heterocycles. The van der Waals surface area contributed by atoms with Crippen molar-refractivity contribution in [3.8, 4) is 0 Å². The fourth-order valence-corrected chi connectivity index (χ4v) is 5.69. The molecule has 1 saturated heterocycles. The quantitative estimate of drug-likeness (QED) is 0.549. The van der Waals surface area contributed by atoms with Crippen molar-refractivity contribution in [3.05, 3.63) is 94.7 Å². The Bertz CT molecular complexity index is 1220. The van der Waals surface area contributed by atoms with Gasteiger partial charge in [-0.3, -0.25) is 9.59 Å². The first kappa shape index (κ1) is 20.7. The second kappa shape index (κ2) is 8.09. The van der Waals surface area contributed by atoms with Crippen LogP contribution in [-0.2, 0) is 13.0 Å². The van der Waals surface area contributed by atoms with E-state index in [0.29, 0.717) is 27.7 Å². The summed E-state index contributed by atoms with van der Waals surface area (Å²) in [7, 11) is 2.09. The molecule has 2 aliphatic heterocycles. The van der Waals surface area contributed by atoms with E-state index < -0.39 is 0 Å². The molecule has 160 valence electrons. The smallest absolute Gasteiger partial charge is 0.249 e. The molecule has 1 atom stereocenters. The van der Waals surface area contributed by atoms with E-state index >= 15 is 0 Å². The van der Waals surface area contributed by atoms with Crippen LogP contribution in [0, 0.1) is 0 Å². The van der Waals surface area contributed by atoms with Gasteiger partial charge in [0.1, 0.15) is 0 Å². The van der Waals surface area contributed by atoms with E-state index in [4.69, 9.17) is 23.2 Å². The van der Waals surface area contributed by atoms with Crippen molar-refractivity contribution in [2.24, 2.45) is 0 Å². The van der Waals surface area contributed by atoms with Gasteiger partial charge in [-0.05, 0) is 54.3 Å². The Balaban J connectivity index is 1.49. The molecule has 0 N–H and O–H groups in total. The molecule has 0 aliphatic carbocycles. The summed E-state index contributed by atoms with van der Waals surface area (Å²) in [5.74, 6) is 0.149. The standard InChI is InChI=1S/C25H24Cl2N2O2/c1-28-13-20(18-11-17(26)12-22(27)21(18)14-28)16-6-4-5-15(9-16)10-19-23(25(31)24(19)30)29-7-2-3-8-29/h4-6,9,11-12,20H,2-3,7-8,10,13-14H2,1H3/t20-/m0/s1. The predicted octanol–water partition coefficient (Wildman–Crippen LogP) is 4.36.